The zero-order chi connectivity index (χ0) is 13.4. The molecule has 0 aromatic rings. The van der Waals surface area contributed by atoms with E-state index in [1.807, 2.05) is 0 Å². The molecule has 4 amide bonds. The Morgan fingerprint density at radius 1 is 1.26 bits per heavy atom. The number of imide groups is 1. The molecule has 1 N–H and O–H groups in total. The van der Waals surface area contributed by atoms with Crippen molar-refractivity contribution in [3.8, 4) is 0 Å². The summed E-state index contributed by atoms with van der Waals surface area (Å²) >= 11 is 0. The van der Waals surface area contributed by atoms with Crippen molar-refractivity contribution >= 4 is 17.8 Å². The van der Waals surface area contributed by atoms with Crippen molar-refractivity contribution in [2.75, 3.05) is 19.6 Å². The lowest BCUT2D eigenvalue weighted by molar-refractivity contribution is -0.145. The Bertz CT molecular complexity index is 438. The van der Waals surface area contributed by atoms with E-state index in [4.69, 9.17) is 0 Å². The number of amides is 4. The first-order valence-electron chi connectivity index (χ1n) is 6.70. The molecule has 0 radical (unpaired) electrons. The second-order valence-corrected chi connectivity index (χ2v) is 5.30. The molecule has 2 saturated heterocycles. The normalized spacial score (nSPS) is 27.5. The first-order chi connectivity index (χ1) is 9.16. The second-order valence-electron chi connectivity index (χ2n) is 5.30. The van der Waals surface area contributed by atoms with E-state index in [1.165, 1.54) is 4.90 Å². The van der Waals surface area contributed by atoms with Crippen LogP contribution in [-0.4, -0.2) is 53.3 Å². The molecule has 0 aromatic heterocycles. The number of likely N-dealkylation sites (tertiary alicyclic amines) is 1. The van der Waals surface area contributed by atoms with E-state index in [2.05, 4.69) is 17.5 Å². The summed E-state index contributed by atoms with van der Waals surface area (Å²) in [5.74, 6) is 0.0457. The molecule has 2 aliphatic heterocycles. The minimum absolute atomic E-state index is 0.0778. The summed E-state index contributed by atoms with van der Waals surface area (Å²) < 4.78 is 0. The molecular weight excluding hydrogens is 246 g/mol. The van der Waals surface area contributed by atoms with Gasteiger partial charge >= 0.3 is 6.03 Å². The average Bonchev–Trinajstić information content (AvgIpc) is 2.70. The average molecular weight is 263 g/mol. The summed E-state index contributed by atoms with van der Waals surface area (Å²) in [7, 11) is 0. The van der Waals surface area contributed by atoms with Gasteiger partial charge in [-0.05, 0) is 19.3 Å². The highest BCUT2D eigenvalue weighted by molar-refractivity contribution is 6.02. The van der Waals surface area contributed by atoms with Crippen LogP contribution in [0.2, 0.25) is 0 Å². The van der Waals surface area contributed by atoms with Gasteiger partial charge in [0.2, 0.25) is 11.8 Å². The van der Waals surface area contributed by atoms with Crippen LogP contribution in [0, 0.1) is 5.92 Å². The maximum Gasteiger partial charge on any atom is 0.324 e. The molecule has 0 saturated carbocycles. The number of hydrogen-bond acceptors (Lipinski definition) is 3. The van der Waals surface area contributed by atoms with Gasteiger partial charge in [0.1, 0.15) is 0 Å². The Kier molecular flexibility index (Phi) is 3.00. The fraction of sp³-hybridized carbons (Fsp3) is 0.615. The first kappa shape index (κ1) is 12.2. The largest absolute Gasteiger partial charge is 0.338 e. The smallest absolute Gasteiger partial charge is 0.324 e. The lowest BCUT2D eigenvalue weighted by Gasteiger charge is -2.44. The van der Waals surface area contributed by atoms with Gasteiger partial charge in [0.25, 0.3) is 0 Å². The lowest BCUT2D eigenvalue weighted by atomic mass is 9.91. The van der Waals surface area contributed by atoms with Crippen LogP contribution >= 0.6 is 0 Å². The molecule has 6 nitrogen and oxygen atoms in total. The van der Waals surface area contributed by atoms with E-state index in [9.17, 15) is 14.4 Å². The molecular formula is C13H17N3O3. The number of nitrogens with one attached hydrogen (secondary N) is 1. The molecule has 1 aliphatic carbocycles. The fourth-order valence-corrected chi connectivity index (χ4v) is 2.88. The van der Waals surface area contributed by atoms with Gasteiger partial charge in [-0.2, -0.15) is 0 Å². The number of carbonyl (C=O) groups excluding carboxylic acids is 3. The van der Waals surface area contributed by atoms with Gasteiger partial charge in [-0.3, -0.25) is 14.5 Å². The SMILES string of the molecule is O=C(C1CC=CCC1)N1CC(N2C(=O)CNC2=O)C1. The summed E-state index contributed by atoms with van der Waals surface area (Å²) in [5, 5.41) is 2.50. The zero-order valence-electron chi connectivity index (χ0n) is 10.7. The Morgan fingerprint density at radius 2 is 2.05 bits per heavy atom. The van der Waals surface area contributed by atoms with Crippen LogP contribution in [0.1, 0.15) is 19.3 Å². The molecule has 1 unspecified atom stereocenters. The second kappa shape index (κ2) is 4.68. The van der Waals surface area contributed by atoms with Gasteiger partial charge in [-0.1, -0.05) is 12.2 Å². The van der Waals surface area contributed by atoms with E-state index in [0.717, 1.165) is 19.3 Å². The minimum atomic E-state index is -0.331. The van der Waals surface area contributed by atoms with Crippen molar-refractivity contribution in [1.29, 1.82) is 0 Å². The van der Waals surface area contributed by atoms with E-state index in [1.54, 1.807) is 4.90 Å². The molecule has 3 aliphatic rings. The van der Waals surface area contributed by atoms with E-state index >= 15 is 0 Å². The summed E-state index contributed by atoms with van der Waals surface area (Å²) in [6.45, 7) is 1.05. The summed E-state index contributed by atoms with van der Waals surface area (Å²) in [5.41, 5.74) is 0. The lowest BCUT2D eigenvalue weighted by Crippen LogP contribution is -2.63. The van der Waals surface area contributed by atoms with Crippen molar-refractivity contribution in [3.63, 3.8) is 0 Å². The maximum absolute atomic E-state index is 12.2. The number of hydrogen-bond donors (Lipinski definition) is 1. The molecule has 0 bridgehead atoms. The summed E-state index contributed by atoms with van der Waals surface area (Å²) in [6.07, 6.45) is 6.83. The topological polar surface area (TPSA) is 69.7 Å². The third-order valence-corrected chi connectivity index (χ3v) is 4.04. The Morgan fingerprint density at radius 3 is 2.63 bits per heavy atom. The Balaban J connectivity index is 1.55. The maximum atomic E-state index is 12.2. The predicted octanol–water partition coefficient (Wildman–Crippen LogP) is 0.105. The van der Waals surface area contributed by atoms with Crippen molar-refractivity contribution in [2.45, 2.75) is 25.3 Å². The van der Waals surface area contributed by atoms with Gasteiger partial charge in [-0.15, -0.1) is 0 Å². The Hall–Kier alpha value is -1.85. The number of carbonyl (C=O) groups is 3. The van der Waals surface area contributed by atoms with Crippen LogP contribution in [-0.2, 0) is 9.59 Å². The number of urea groups is 1. The van der Waals surface area contributed by atoms with Crippen LogP contribution in [0.5, 0.6) is 0 Å². The van der Waals surface area contributed by atoms with Gasteiger partial charge < -0.3 is 10.2 Å². The minimum Gasteiger partial charge on any atom is -0.338 e. The van der Waals surface area contributed by atoms with E-state index in [-0.39, 0.29) is 36.3 Å². The molecule has 3 rings (SSSR count). The van der Waals surface area contributed by atoms with Gasteiger partial charge in [-0.25, -0.2) is 4.79 Å². The monoisotopic (exact) mass is 263 g/mol. The number of allylic oxidation sites excluding steroid dienone is 2. The first-order valence-corrected chi connectivity index (χ1v) is 6.70. The predicted molar refractivity (Wildman–Crippen MR) is 67.1 cm³/mol. The van der Waals surface area contributed by atoms with Crippen LogP contribution in [0.3, 0.4) is 0 Å². The fourth-order valence-electron chi connectivity index (χ4n) is 2.88. The standard InChI is InChI=1S/C13H17N3O3/c17-11-6-14-13(19)16(11)10-7-15(8-10)12(18)9-4-2-1-3-5-9/h1-2,9-10H,3-8H2,(H,14,19). The van der Waals surface area contributed by atoms with E-state index < -0.39 is 0 Å². The van der Waals surface area contributed by atoms with Crippen LogP contribution in [0.4, 0.5) is 4.79 Å². The highest BCUT2D eigenvalue weighted by Crippen LogP contribution is 2.25. The third-order valence-electron chi connectivity index (χ3n) is 4.04. The highest BCUT2D eigenvalue weighted by atomic mass is 16.2. The van der Waals surface area contributed by atoms with Gasteiger partial charge in [0.05, 0.1) is 12.6 Å². The molecule has 102 valence electrons. The van der Waals surface area contributed by atoms with Gasteiger partial charge in [0, 0.05) is 19.0 Å². The van der Waals surface area contributed by atoms with Crippen molar-refractivity contribution in [1.82, 2.24) is 15.1 Å². The molecule has 1 atom stereocenters. The quantitative estimate of drug-likeness (QED) is 0.567. The summed E-state index contributed by atoms with van der Waals surface area (Å²) in [6, 6.07) is -0.471. The van der Waals surface area contributed by atoms with Crippen LogP contribution < -0.4 is 5.32 Å². The number of nitrogens with zero attached hydrogens (tertiary/aromatic N) is 2. The third kappa shape index (κ3) is 2.11. The molecule has 2 fully saturated rings. The molecule has 2 heterocycles. The van der Waals surface area contributed by atoms with Crippen molar-refractivity contribution in [3.05, 3.63) is 12.2 Å². The van der Waals surface area contributed by atoms with E-state index in [0.29, 0.717) is 13.1 Å². The van der Waals surface area contributed by atoms with Gasteiger partial charge in [0.15, 0.2) is 0 Å². The molecule has 0 aromatic carbocycles. The van der Waals surface area contributed by atoms with Crippen molar-refractivity contribution < 1.29 is 14.4 Å². The zero-order valence-corrected chi connectivity index (χ0v) is 10.7. The van der Waals surface area contributed by atoms with Crippen LogP contribution in [0.15, 0.2) is 12.2 Å². The van der Waals surface area contributed by atoms with Crippen LogP contribution in [0.25, 0.3) is 0 Å². The number of rotatable bonds is 2. The molecule has 19 heavy (non-hydrogen) atoms. The van der Waals surface area contributed by atoms with Crippen molar-refractivity contribution in [2.24, 2.45) is 5.92 Å². The molecule has 0 spiro atoms. The molecule has 6 heteroatoms. The highest BCUT2D eigenvalue weighted by Gasteiger charge is 2.43. The Labute approximate surface area is 111 Å². The summed E-state index contributed by atoms with van der Waals surface area (Å²) in [4.78, 5) is 38.2.